The second kappa shape index (κ2) is 4.45. The highest BCUT2D eigenvalue weighted by atomic mass is 15.2. The van der Waals surface area contributed by atoms with Crippen molar-refractivity contribution in [3.63, 3.8) is 0 Å². The number of para-hydroxylation sites is 1. The maximum Gasteiger partial charge on any atom is 0.144 e. The van der Waals surface area contributed by atoms with Crippen molar-refractivity contribution in [3.05, 3.63) is 30.1 Å². The first kappa shape index (κ1) is 10.8. The fourth-order valence-corrected chi connectivity index (χ4v) is 1.64. The van der Waals surface area contributed by atoms with Crippen LogP contribution < -0.4 is 10.6 Å². The summed E-state index contributed by atoms with van der Waals surface area (Å²) >= 11 is 0. The summed E-state index contributed by atoms with van der Waals surface area (Å²) in [6, 6.07) is 8.01. The molecule has 4 nitrogen and oxygen atoms in total. The Morgan fingerprint density at radius 3 is 2.69 bits per heavy atom. The SMILES string of the molecule is CCN(C)c1nc(CN)nc2ccccc12. The third-order valence-electron chi connectivity index (χ3n) is 2.65. The van der Waals surface area contributed by atoms with Crippen LogP contribution in [0.5, 0.6) is 0 Å². The maximum absolute atomic E-state index is 5.61. The first-order valence-corrected chi connectivity index (χ1v) is 5.43. The van der Waals surface area contributed by atoms with Gasteiger partial charge in [-0.15, -0.1) is 0 Å². The van der Waals surface area contributed by atoms with E-state index in [9.17, 15) is 0 Å². The zero-order chi connectivity index (χ0) is 11.5. The van der Waals surface area contributed by atoms with E-state index in [-0.39, 0.29) is 0 Å². The average Bonchev–Trinajstić information content (AvgIpc) is 2.36. The number of hydrogen-bond acceptors (Lipinski definition) is 4. The van der Waals surface area contributed by atoms with E-state index >= 15 is 0 Å². The molecule has 0 aliphatic heterocycles. The summed E-state index contributed by atoms with van der Waals surface area (Å²) < 4.78 is 0. The highest BCUT2D eigenvalue weighted by Crippen LogP contribution is 2.22. The minimum Gasteiger partial charge on any atom is -0.359 e. The quantitative estimate of drug-likeness (QED) is 0.845. The van der Waals surface area contributed by atoms with E-state index in [1.165, 1.54) is 0 Å². The predicted octanol–water partition coefficient (Wildman–Crippen LogP) is 1.54. The van der Waals surface area contributed by atoms with Gasteiger partial charge in [0.05, 0.1) is 12.1 Å². The van der Waals surface area contributed by atoms with Gasteiger partial charge in [-0.1, -0.05) is 12.1 Å². The van der Waals surface area contributed by atoms with Crippen molar-refractivity contribution in [1.82, 2.24) is 9.97 Å². The fourth-order valence-electron chi connectivity index (χ4n) is 1.64. The fraction of sp³-hybridized carbons (Fsp3) is 0.333. The van der Waals surface area contributed by atoms with Crippen LogP contribution in [0.15, 0.2) is 24.3 Å². The van der Waals surface area contributed by atoms with E-state index in [2.05, 4.69) is 21.8 Å². The summed E-state index contributed by atoms with van der Waals surface area (Å²) in [5, 5.41) is 1.07. The third kappa shape index (κ3) is 1.84. The van der Waals surface area contributed by atoms with Gasteiger partial charge in [-0.2, -0.15) is 0 Å². The van der Waals surface area contributed by atoms with E-state index in [1.54, 1.807) is 0 Å². The molecule has 2 rings (SSSR count). The summed E-state index contributed by atoms with van der Waals surface area (Å²) in [7, 11) is 2.02. The molecule has 0 spiro atoms. The van der Waals surface area contributed by atoms with Crippen molar-refractivity contribution in [1.29, 1.82) is 0 Å². The molecule has 0 amide bonds. The molecule has 0 bridgehead atoms. The molecule has 2 N–H and O–H groups in total. The standard InChI is InChI=1S/C12H16N4/c1-3-16(2)12-9-6-4-5-7-10(9)14-11(8-13)15-12/h4-7H,3,8,13H2,1-2H3. The van der Waals surface area contributed by atoms with Crippen LogP contribution in [0.4, 0.5) is 5.82 Å². The Bertz CT molecular complexity index is 495. The van der Waals surface area contributed by atoms with E-state index in [0.29, 0.717) is 12.4 Å². The highest BCUT2D eigenvalue weighted by Gasteiger charge is 2.09. The lowest BCUT2D eigenvalue weighted by atomic mass is 10.2. The van der Waals surface area contributed by atoms with Gasteiger partial charge in [0.2, 0.25) is 0 Å². The van der Waals surface area contributed by atoms with Crippen molar-refractivity contribution in [3.8, 4) is 0 Å². The number of anilines is 1. The van der Waals surface area contributed by atoms with Crippen molar-refractivity contribution in [2.24, 2.45) is 5.73 Å². The maximum atomic E-state index is 5.61. The molecule has 0 radical (unpaired) electrons. The van der Waals surface area contributed by atoms with Crippen LogP contribution in [-0.2, 0) is 6.54 Å². The molecule has 1 heterocycles. The summed E-state index contributed by atoms with van der Waals surface area (Å²) in [6.45, 7) is 3.37. The van der Waals surface area contributed by atoms with E-state index in [1.807, 2.05) is 31.3 Å². The van der Waals surface area contributed by atoms with Crippen LogP contribution in [0.25, 0.3) is 10.9 Å². The largest absolute Gasteiger partial charge is 0.359 e. The number of aromatic nitrogens is 2. The Kier molecular flexibility index (Phi) is 3.01. The first-order chi connectivity index (χ1) is 7.76. The van der Waals surface area contributed by atoms with Gasteiger partial charge < -0.3 is 10.6 Å². The second-order valence-corrected chi connectivity index (χ2v) is 3.70. The van der Waals surface area contributed by atoms with E-state index in [0.717, 1.165) is 23.3 Å². The summed E-state index contributed by atoms with van der Waals surface area (Å²) in [6.07, 6.45) is 0. The lowest BCUT2D eigenvalue weighted by Crippen LogP contribution is -2.19. The normalized spacial score (nSPS) is 10.7. The van der Waals surface area contributed by atoms with Crippen molar-refractivity contribution in [2.45, 2.75) is 13.5 Å². The molecular formula is C12H16N4. The minimum absolute atomic E-state index is 0.370. The number of hydrogen-bond donors (Lipinski definition) is 1. The van der Waals surface area contributed by atoms with E-state index in [4.69, 9.17) is 5.73 Å². The van der Waals surface area contributed by atoms with Gasteiger partial charge >= 0.3 is 0 Å². The average molecular weight is 216 g/mol. The molecule has 0 fully saturated rings. The summed E-state index contributed by atoms with van der Waals surface area (Å²) in [4.78, 5) is 11.0. The smallest absolute Gasteiger partial charge is 0.144 e. The zero-order valence-corrected chi connectivity index (χ0v) is 9.64. The lowest BCUT2D eigenvalue weighted by Gasteiger charge is -2.18. The molecule has 0 unspecified atom stereocenters. The minimum atomic E-state index is 0.370. The number of fused-ring (bicyclic) bond motifs is 1. The number of benzene rings is 1. The zero-order valence-electron chi connectivity index (χ0n) is 9.64. The molecule has 0 saturated heterocycles. The lowest BCUT2D eigenvalue weighted by molar-refractivity contribution is 0.883. The van der Waals surface area contributed by atoms with Crippen molar-refractivity contribution >= 4 is 16.7 Å². The molecule has 1 aromatic carbocycles. The molecule has 2 aromatic rings. The molecule has 0 atom stereocenters. The Morgan fingerprint density at radius 1 is 1.25 bits per heavy atom. The second-order valence-electron chi connectivity index (χ2n) is 3.70. The summed E-state index contributed by atoms with van der Waals surface area (Å²) in [5.41, 5.74) is 6.56. The molecule has 0 aliphatic rings. The molecule has 0 aliphatic carbocycles. The topological polar surface area (TPSA) is 55.0 Å². The first-order valence-electron chi connectivity index (χ1n) is 5.43. The van der Waals surface area contributed by atoms with Gasteiger partial charge in [0.1, 0.15) is 11.6 Å². The predicted molar refractivity (Wildman–Crippen MR) is 66.4 cm³/mol. The number of nitrogens with two attached hydrogens (primary N) is 1. The van der Waals surface area contributed by atoms with Crippen molar-refractivity contribution < 1.29 is 0 Å². The van der Waals surface area contributed by atoms with Gasteiger partial charge in [-0.3, -0.25) is 0 Å². The van der Waals surface area contributed by atoms with Crippen molar-refractivity contribution in [2.75, 3.05) is 18.5 Å². The summed E-state index contributed by atoms with van der Waals surface area (Å²) in [5.74, 6) is 1.64. The van der Waals surface area contributed by atoms with Crippen LogP contribution >= 0.6 is 0 Å². The van der Waals surface area contributed by atoms with Crippen LogP contribution in [0, 0.1) is 0 Å². The molecule has 4 heteroatoms. The van der Waals surface area contributed by atoms with Crippen LogP contribution in [0.1, 0.15) is 12.7 Å². The highest BCUT2D eigenvalue weighted by molar-refractivity contribution is 5.89. The Morgan fingerprint density at radius 2 is 2.00 bits per heavy atom. The van der Waals surface area contributed by atoms with Gasteiger partial charge in [-0.25, -0.2) is 9.97 Å². The number of rotatable bonds is 3. The van der Waals surface area contributed by atoms with Crippen LogP contribution in [0.2, 0.25) is 0 Å². The van der Waals surface area contributed by atoms with Gasteiger partial charge in [0.25, 0.3) is 0 Å². The monoisotopic (exact) mass is 216 g/mol. The molecule has 16 heavy (non-hydrogen) atoms. The van der Waals surface area contributed by atoms with Gasteiger partial charge in [0, 0.05) is 19.0 Å². The van der Waals surface area contributed by atoms with Crippen LogP contribution in [-0.4, -0.2) is 23.6 Å². The van der Waals surface area contributed by atoms with Gasteiger partial charge in [-0.05, 0) is 19.1 Å². The molecule has 1 aromatic heterocycles. The molecular weight excluding hydrogens is 200 g/mol. The Hall–Kier alpha value is -1.68. The van der Waals surface area contributed by atoms with Crippen LogP contribution in [0.3, 0.4) is 0 Å². The Labute approximate surface area is 95.1 Å². The number of nitrogens with zero attached hydrogens (tertiary/aromatic N) is 3. The van der Waals surface area contributed by atoms with Gasteiger partial charge in [0.15, 0.2) is 0 Å². The van der Waals surface area contributed by atoms with E-state index < -0.39 is 0 Å². The third-order valence-corrected chi connectivity index (χ3v) is 2.65. The molecule has 84 valence electrons. The molecule has 0 saturated carbocycles. The Balaban J connectivity index is 2.68.